The zero-order valence-corrected chi connectivity index (χ0v) is 17.0. The van der Waals surface area contributed by atoms with Crippen LogP contribution in [0.3, 0.4) is 0 Å². The number of piperidine rings is 1. The number of esters is 1. The van der Waals surface area contributed by atoms with Gasteiger partial charge >= 0.3 is 5.97 Å². The first-order chi connectivity index (χ1) is 12.7. The van der Waals surface area contributed by atoms with Gasteiger partial charge in [0, 0.05) is 30.4 Å². The van der Waals surface area contributed by atoms with Crippen LogP contribution in [-0.2, 0) is 9.47 Å². The SMILES string of the molecule is CC(C)OC1CCN(c2ccc3nccc(C(=O)OC(C)(C)C)c3c2)CC1. The topological polar surface area (TPSA) is 51.7 Å². The summed E-state index contributed by atoms with van der Waals surface area (Å²) in [6, 6.07) is 7.86. The summed E-state index contributed by atoms with van der Waals surface area (Å²) < 4.78 is 11.5. The summed E-state index contributed by atoms with van der Waals surface area (Å²) in [5.41, 5.74) is 1.96. The van der Waals surface area contributed by atoms with Crippen LogP contribution in [0.1, 0.15) is 57.8 Å². The Kier molecular flexibility index (Phi) is 5.70. The maximum Gasteiger partial charge on any atom is 0.339 e. The summed E-state index contributed by atoms with van der Waals surface area (Å²) in [6.45, 7) is 11.7. The minimum Gasteiger partial charge on any atom is -0.456 e. The van der Waals surface area contributed by atoms with Gasteiger partial charge in [-0.2, -0.15) is 0 Å². The van der Waals surface area contributed by atoms with E-state index in [0.717, 1.165) is 42.5 Å². The summed E-state index contributed by atoms with van der Waals surface area (Å²) in [6.07, 6.45) is 4.30. The molecule has 0 amide bonds. The Balaban J connectivity index is 1.83. The Morgan fingerprint density at radius 1 is 1.19 bits per heavy atom. The molecule has 5 heteroatoms. The number of carbonyl (C=O) groups is 1. The van der Waals surface area contributed by atoms with Gasteiger partial charge in [0.05, 0.1) is 23.3 Å². The van der Waals surface area contributed by atoms with Gasteiger partial charge in [-0.3, -0.25) is 4.98 Å². The molecule has 0 saturated carbocycles. The Morgan fingerprint density at radius 2 is 1.89 bits per heavy atom. The van der Waals surface area contributed by atoms with Gasteiger partial charge < -0.3 is 14.4 Å². The van der Waals surface area contributed by atoms with Crippen molar-refractivity contribution >= 4 is 22.6 Å². The Morgan fingerprint density at radius 3 is 2.52 bits per heavy atom. The second kappa shape index (κ2) is 7.85. The number of anilines is 1. The number of hydrogen-bond acceptors (Lipinski definition) is 5. The number of hydrogen-bond donors (Lipinski definition) is 0. The smallest absolute Gasteiger partial charge is 0.339 e. The van der Waals surface area contributed by atoms with Crippen molar-refractivity contribution in [1.82, 2.24) is 4.98 Å². The van der Waals surface area contributed by atoms with E-state index in [2.05, 4.69) is 35.9 Å². The molecule has 0 bridgehead atoms. The molecule has 1 aliphatic heterocycles. The van der Waals surface area contributed by atoms with Crippen molar-refractivity contribution < 1.29 is 14.3 Å². The second-order valence-corrected chi connectivity index (χ2v) is 8.43. The van der Waals surface area contributed by atoms with Crippen molar-refractivity contribution in [2.75, 3.05) is 18.0 Å². The van der Waals surface area contributed by atoms with Crippen LogP contribution in [0.25, 0.3) is 10.9 Å². The Labute approximate surface area is 161 Å². The first kappa shape index (κ1) is 19.6. The third-order valence-corrected chi connectivity index (χ3v) is 4.62. The predicted octanol–water partition coefficient (Wildman–Crippen LogP) is 4.58. The number of fused-ring (bicyclic) bond motifs is 1. The second-order valence-electron chi connectivity index (χ2n) is 8.43. The number of benzene rings is 1. The van der Waals surface area contributed by atoms with Crippen molar-refractivity contribution in [2.45, 2.75) is 65.3 Å². The Hall–Kier alpha value is -2.14. The standard InChI is InChI=1S/C22H30N2O3/c1-15(2)26-17-9-12-24(13-10-17)16-6-7-20-19(14-16)18(8-11-23-20)21(25)27-22(3,4)5/h6-8,11,14-15,17H,9-10,12-13H2,1-5H3. The number of aromatic nitrogens is 1. The highest BCUT2D eigenvalue weighted by molar-refractivity contribution is 6.04. The van der Waals surface area contributed by atoms with E-state index >= 15 is 0 Å². The van der Waals surface area contributed by atoms with Crippen LogP contribution in [0.15, 0.2) is 30.5 Å². The van der Waals surface area contributed by atoms with Crippen molar-refractivity contribution in [1.29, 1.82) is 0 Å². The molecule has 1 fully saturated rings. The molecule has 1 aromatic carbocycles. The molecule has 0 unspecified atom stereocenters. The number of rotatable bonds is 4. The lowest BCUT2D eigenvalue weighted by molar-refractivity contribution is -0.00480. The maximum absolute atomic E-state index is 12.6. The van der Waals surface area contributed by atoms with Gasteiger partial charge in [0.2, 0.25) is 0 Å². The summed E-state index contributed by atoms with van der Waals surface area (Å²) in [4.78, 5) is 19.4. The van der Waals surface area contributed by atoms with Crippen molar-refractivity contribution in [3.8, 4) is 0 Å². The maximum atomic E-state index is 12.6. The van der Waals surface area contributed by atoms with Gasteiger partial charge in [-0.05, 0) is 71.7 Å². The predicted molar refractivity (Wildman–Crippen MR) is 108 cm³/mol. The average molecular weight is 370 g/mol. The van der Waals surface area contributed by atoms with Gasteiger partial charge in [-0.15, -0.1) is 0 Å². The van der Waals surface area contributed by atoms with Gasteiger partial charge in [0.15, 0.2) is 0 Å². The molecule has 146 valence electrons. The largest absolute Gasteiger partial charge is 0.456 e. The monoisotopic (exact) mass is 370 g/mol. The fraction of sp³-hybridized carbons (Fsp3) is 0.545. The van der Waals surface area contributed by atoms with E-state index in [1.807, 2.05) is 26.8 Å². The molecule has 3 rings (SSSR count). The molecule has 2 heterocycles. The van der Waals surface area contributed by atoms with Crippen LogP contribution in [-0.4, -0.2) is 41.9 Å². The molecule has 0 spiro atoms. The average Bonchev–Trinajstić information content (AvgIpc) is 2.59. The van der Waals surface area contributed by atoms with E-state index in [9.17, 15) is 4.79 Å². The third kappa shape index (κ3) is 4.98. The summed E-state index contributed by atoms with van der Waals surface area (Å²) in [7, 11) is 0. The van der Waals surface area contributed by atoms with E-state index in [1.54, 1.807) is 12.3 Å². The minimum absolute atomic E-state index is 0.268. The van der Waals surface area contributed by atoms with Crippen molar-refractivity contribution in [2.24, 2.45) is 0 Å². The van der Waals surface area contributed by atoms with Crippen LogP contribution >= 0.6 is 0 Å². The highest BCUT2D eigenvalue weighted by Crippen LogP contribution is 2.28. The molecule has 27 heavy (non-hydrogen) atoms. The van der Waals surface area contributed by atoms with Crippen molar-refractivity contribution in [3.05, 3.63) is 36.0 Å². The van der Waals surface area contributed by atoms with E-state index < -0.39 is 5.60 Å². The normalized spacial score (nSPS) is 16.1. The van der Waals surface area contributed by atoms with E-state index in [-0.39, 0.29) is 12.1 Å². The molecule has 0 N–H and O–H groups in total. The third-order valence-electron chi connectivity index (χ3n) is 4.62. The fourth-order valence-electron chi connectivity index (χ4n) is 3.48. The zero-order valence-electron chi connectivity index (χ0n) is 17.0. The van der Waals surface area contributed by atoms with Gasteiger partial charge in [-0.25, -0.2) is 4.79 Å². The number of carbonyl (C=O) groups excluding carboxylic acids is 1. The lowest BCUT2D eigenvalue weighted by Crippen LogP contribution is -2.37. The molecular weight excluding hydrogens is 340 g/mol. The lowest BCUT2D eigenvalue weighted by atomic mass is 10.0. The molecule has 1 aromatic heterocycles. The van der Waals surface area contributed by atoms with E-state index in [0.29, 0.717) is 11.7 Å². The highest BCUT2D eigenvalue weighted by Gasteiger charge is 2.23. The van der Waals surface area contributed by atoms with Crippen LogP contribution in [0, 0.1) is 0 Å². The van der Waals surface area contributed by atoms with Crippen LogP contribution in [0.2, 0.25) is 0 Å². The molecule has 0 atom stereocenters. The molecular formula is C22H30N2O3. The molecule has 0 aliphatic carbocycles. The van der Waals surface area contributed by atoms with Crippen LogP contribution < -0.4 is 4.90 Å². The molecule has 2 aromatic rings. The number of pyridine rings is 1. The van der Waals surface area contributed by atoms with Crippen LogP contribution in [0.5, 0.6) is 0 Å². The summed E-state index contributed by atoms with van der Waals surface area (Å²) in [5.74, 6) is -0.309. The van der Waals surface area contributed by atoms with Gasteiger partial charge in [0.1, 0.15) is 5.60 Å². The number of ether oxygens (including phenoxy) is 2. The number of nitrogens with zero attached hydrogens (tertiary/aromatic N) is 2. The molecule has 0 radical (unpaired) electrons. The Bertz CT molecular complexity index is 803. The van der Waals surface area contributed by atoms with Crippen LogP contribution in [0.4, 0.5) is 5.69 Å². The summed E-state index contributed by atoms with van der Waals surface area (Å²) >= 11 is 0. The first-order valence-corrected chi connectivity index (χ1v) is 9.75. The molecule has 5 nitrogen and oxygen atoms in total. The first-order valence-electron chi connectivity index (χ1n) is 9.75. The van der Waals surface area contributed by atoms with Gasteiger partial charge in [-0.1, -0.05) is 0 Å². The highest BCUT2D eigenvalue weighted by atomic mass is 16.6. The quantitative estimate of drug-likeness (QED) is 0.737. The summed E-state index contributed by atoms with van der Waals surface area (Å²) in [5, 5.41) is 0.838. The van der Waals surface area contributed by atoms with Gasteiger partial charge in [0.25, 0.3) is 0 Å². The lowest BCUT2D eigenvalue weighted by Gasteiger charge is -2.34. The molecule has 1 saturated heterocycles. The van der Waals surface area contributed by atoms with E-state index in [4.69, 9.17) is 9.47 Å². The zero-order chi connectivity index (χ0) is 19.6. The van der Waals surface area contributed by atoms with Crippen molar-refractivity contribution in [3.63, 3.8) is 0 Å². The van der Waals surface area contributed by atoms with E-state index in [1.165, 1.54) is 0 Å². The minimum atomic E-state index is -0.525. The molecule has 1 aliphatic rings. The fourth-order valence-corrected chi connectivity index (χ4v) is 3.48.